The van der Waals surface area contributed by atoms with Crippen LogP contribution in [0.15, 0.2) is 0 Å². The van der Waals surface area contributed by atoms with E-state index < -0.39 is 0 Å². The van der Waals surface area contributed by atoms with Crippen LogP contribution in [0.1, 0.15) is 61.3 Å². The summed E-state index contributed by atoms with van der Waals surface area (Å²) < 4.78 is 0. The van der Waals surface area contributed by atoms with Gasteiger partial charge in [0, 0.05) is 24.2 Å². The summed E-state index contributed by atoms with van der Waals surface area (Å²) in [6.45, 7) is 9.68. The maximum absolute atomic E-state index is 10.9. The summed E-state index contributed by atoms with van der Waals surface area (Å²) in [5.74, 6) is 1.76. The molecule has 2 nitrogen and oxygen atoms in total. The SMILES string of the molecule is C.CC(C)C(=O)C1CC1.CCC(=O)C(C)C. The molecule has 1 aliphatic carbocycles. The van der Waals surface area contributed by atoms with Crippen LogP contribution in [0.3, 0.4) is 0 Å². The first-order chi connectivity index (χ1) is 6.90. The zero-order chi connectivity index (χ0) is 12.0. The normalized spacial score (nSPS) is 13.9. The van der Waals surface area contributed by atoms with E-state index in [0.717, 1.165) is 12.8 Å². The molecular formula is C14H28O2. The zero-order valence-corrected chi connectivity index (χ0v) is 10.7. The van der Waals surface area contributed by atoms with Gasteiger partial charge in [-0.05, 0) is 12.8 Å². The van der Waals surface area contributed by atoms with E-state index in [1.165, 1.54) is 0 Å². The van der Waals surface area contributed by atoms with Gasteiger partial charge in [0.15, 0.2) is 0 Å². The highest BCUT2D eigenvalue weighted by atomic mass is 16.1. The number of Topliss-reactive ketones (excluding diaryl/α,β-unsaturated/α-hetero) is 2. The minimum absolute atomic E-state index is 0. The molecule has 0 atom stereocenters. The minimum atomic E-state index is 0. The molecule has 1 saturated carbocycles. The molecular weight excluding hydrogens is 200 g/mol. The van der Waals surface area contributed by atoms with Crippen molar-refractivity contribution in [3.8, 4) is 0 Å². The standard InChI is InChI=1S/C7H12O.C6H12O.CH4/c1-5(2)7(8)6-3-4-6;1-4-6(7)5(2)3;/h5-6H,3-4H2,1-2H3;5H,4H2,1-3H3;1H4. The maximum atomic E-state index is 10.9. The number of carbonyl (C=O) groups is 2. The van der Waals surface area contributed by atoms with Crippen molar-refractivity contribution in [2.75, 3.05) is 0 Å². The molecule has 2 heteroatoms. The molecule has 1 aliphatic rings. The number of rotatable bonds is 4. The third-order valence-electron chi connectivity index (χ3n) is 2.54. The summed E-state index contributed by atoms with van der Waals surface area (Å²) in [7, 11) is 0. The van der Waals surface area contributed by atoms with E-state index >= 15 is 0 Å². The second-order valence-electron chi connectivity index (χ2n) is 4.81. The van der Waals surface area contributed by atoms with Gasteiger partial charge in [0.2, 0.25) is 0 Å². The molecule has 0 spiro atoms. The lowest BCUT2D eigenvalue weighted by atomic mass is 10.1. The largest absolute Gasteiger partial charge is 0.299 e. The fourth-order valence-corrected chi connectivity index (χ4v) is 1.25. The monoisotopic (exact) mass is 228 g/mol. The van der Waals surface area contributed by atoms with Crippen LogP contribution in [-0.4, -0.2) is 11.6 Å². The van der Waals surface area contributed by atoms with Gasteiger partial charge in [-0.1, -0.05) is 42.0 Å². The topological polar surface area (TPSA) is 34.1 Å². The predicted molar refractivity (Wildman–Crippen MR) is 69.4 cm³/mol. The van der Waals surface area contributed by atoms with E-state index in [1.807, 2.05) is 34.6 Å². The molecule has 0 aliphatic heterocycles. The fourth-order valence-electron chi connectivity index (χ4n) is 1.25. The number of hydrogen-bond donors (Lipinski definition) is 0. The zero-order valence-electron chi connectivity index (χ0n) is 10.7. The summed E-state index contributed by atoms with van der Waals surface area (Å²) >= 11 is 0. The second kappa shape index (κ2) is 8.49. The highest BCUT2D eigenvalue weighted by Crippen LogP contribution is 2.31. The molecule has 0 radical (unpaired) electrons. The quantitative estimate of drug-likeness (QED) is 0.731. The van der Waals surface area contributed by atoms with Crippen molar-refractivity contribution in [3.05, 3.63) is 0 Å². The van der Waals surface area contributed by atoms with Gasteiger partial charge in [0.05, 0.1) is 0 Å². The van der Waals surface area contributed by atoms with Crippen LogP contribution < -0.4 is 0 Å². The third kappa shape index (κ3) is 7.61. The summed E-state index contributed by atoms with van der Waals surface area (Å²) in [5, 5.41) is 0. The molecule has 0 aromatic rings. The Balaban J connectivity index is 0. The van der Waals surface area contributed by atoms with Crippen molar-refractivity contribution in [3.63, 3.8) is 0 Å². The molecule has 0 amide bonds. The van der Waals surface area contributed by atoms with Crippen LogP contribution in [0.5, 0.6) is 0 Å². The molecule has 0 saturated heterocycles. The van der Waals surface area contributed by atoms with Crippen LogP contribution in [0.4, 0.5) is 0 Å². The first-order valence-electron chi connectivity index (χ1n) is 5.96. The Morgan fingerprint density at radius 2 is 1.50 bits per heavy atom. The van der Waals surface area contributed by atoms with Gasteiger partial charge < -0.3 is 0 Å². The van der Waals surface area contributed by atoms with Crippen molar-refractivity contribution in [2.45, 2.75) is 61.3 Å². The van der Waals surface area contributed by atoms with Crippen molar-refractivity contribution < 1.29 is 9.59 Å². The Bertz CT molecular complexity index is 209. The average molecular weight is 228 g/mol. The van der Waals surface area contributed by atoms with Crippen LogP contribution in [0, 0.1) is 17.8 Å². The molecule has 0 aromatic heterocycles. The Morgan fingerprint density at radius 3 is 1.56 bits per heavy atom. The summed E-state index contributed by atoms with van der Waals surface area (Å²) in [6, 6.07) is 0. The number of hydrogen-bond acceptors (Lipinski definition) is 2. The van der Waals surface area contributed by atoms with Crippen molar-refractivity contribution >= 4 is 11.6 Å². The van der Waals surface area contributed by atoms with Crippen LogP contribution in [0.2, 0.25) is 0 Å². The van der Waals surface area contributed by atoms with E-state index in [2.05, 4.69) is 0 Å². The van der Waals surface area contributed by atoms with Crippen molar-refractivity contribution in [1.82, 2.24) is 0 Å². The van der Waals surface area contributed by atoms with Crippen molar-refractivity contribution in [2.24, 2.45) is 17.8 Å². The summed E-state index contributed by atoms with van der Waals surface area (Å²) in [6.07, 6.45) is 2.98. The smallest absolute Gasteiger partial charge is 0.138 e. The van der Waals surface area contributed by atoms with E-state index in [0.29, 0.717) is 23.9 Å². The lowest BCUT2D eigenvalue weighted by molar-refractivity contribution is -0.123. The Kier molecular flexibility index (Phi) is 9.40. The Morgan fingerprint density at radius 1 is 1.06 bits per heavy atom. The predicted octanol–water partition coefficient (Wildman–Crippen LogP) is 3.88. The molecule has 96 valence electrons. The lowest BCUT2D eigenvalue weighted by Gasteiger charge is -1.98. The Labute approximate surface area is 101 Å². The molecule has 1 rings (SSSR count). The van der Waals surface area contributed by atoms with Gasteiger partial charge in [-0.2, -0.15) is 0 Å². The van der Waals surface area contributed by atoms with Gasteiger partial charge in [-0.15, -0.1) is 0 Å². The van der Waals surface area contributed by atoms with E-state index in [-0.39, 0.29) is 19.3 Å². The van der Waals surface area contributed by atoms with E-state index in [1.54, 1.807) is 0 Å². The minimum Gasteiger partial charge on any atom is -0.299 e. The average Bonchev–Trinajstić information content (AvgIpc) is 2.99. The van der Waals surface area contributed by atoms with E-state index in [4.69, 9.17) is 0 Å². The molecule has 16 heavy (non-hydrogen) atoms. The molecule has 0 bridgehead atoms. The first-order valence-corrected chi connectivity index (χ1v) is 5.96. The summed E-state index contributed by atoms with van der Waals surface area (Å²) in [5.41, 5.74) is 0. The van der Waals surface area contributed by atoms with Gasteiger partial charge >= 0.3 is 0 Å². The highest BCUT2D eigenvalue weighted by molar-refractivity contribution is 5.84. The van der Waals surface area contributed by atoms with Gasteiger partial charge in [0.1, 0.15) is 11.6 Å². The third-order valence-corrected chi connectivity index (χ3v) is 2.54. The Hall–Kier alpha value is -0.660. The fraction of sp³-hybridized carbons (Fsp3) is 0.857. The maximum Gasteiger partial charge on any atom is 0.138 e. The second-order valence-corrected chi connectivity index (χ2v) is 4.81. The summed E-state index contributed by atoms with van der Waals surface area (Å²) in [4.78, 5) is 21.4. The van der Waals surface area contributed by atoms with Crippen molar-refractivity contribution in [1.29, 1.82) is 0 Å². The van der Waals surface area contributed by atoms with Gasteiger partial charge in [-0.25, -0.2) is 0 Å². The lowest BCUT2D eigenvalue weighted by Crippen LogP contribution is -2.08. The molecule has 0 N–H and O–H groups in total. The number of ketones is 2. The molecule has 0 heterocycles. The van der Waals surface area contributed by atoms with Gasteiger partial charge in [0.25, 0.3) is 0 Å². The van der Waals surface area contributed by atoms with Crippen LogP contribution in [-0.2, 0) is 9.59 Å². The number of carbonyl (C=O) groups excluding carboxylic acids is 2. The van der Waals surface area contributed by atoms with Gasteiger partial charge in [-0.3, -0.25) is 9.59 Å². The van der Waals surface area contributed by atoms with Crippen LogP contribution in [0.25, 0.3) is 0 Å². The highest BCUT2D eigenvalue weighted by Gasteiger charge is 2.30. The molecule has 0 unspecified atom stereocenters. The first kappa shape index (κ1) is 17.7. The molecule has 0 aromatic carbocycles. The van der Waals surface area contributed by atoms with Crippen LogP contribution >= 0.6 is 0 Å². The molecule has 1 fully saturated rings. The van der Waals surface area contributed by atoms with E-state index in [9.17, 15) is 9.59 Å².